The number of anilines is 1. The second-order valence-electron chi connectivity index (χ2n) is 5.61. The molecule has 1 aromatic rings. The molecule has 6 heteroatoms. The van der Waals surface area contributed by atoms with Gasteiger partial charge in [0.15, 0.2) is 0 Å². The van der Waals surface area contributed by atoms with E-state index in [1.54, 1.807) is 12.1 Å². The van der Waals surface area contributed by atoms with Gasteiger partial charge in [0.2, 0.25) is 0 Å². The monoisotopic (exact) mass is 347 g/mol. The quantitative estimate of drug-likeness (QED) is 0.851. The van der Waals surface area contributed by atoms with E-state index >= 15 is 0 Å². The lowest BCUT2D eigenvalue weighted by Crippen LogP contribution is -2.45. The molecule has 1 heterocycles. The number of hydrogen-bond acceptors (Lipinski definition) is 3. The van der Waals surface area contributed by atoms with Gasteiger partial charge < -0.3 is 15.5 Å². The third kappa shape index (κ3) is 5.34. The first-order valence-electron chi connectivity index (χ1n) is 7.47. The normalized spacial score (nSPS) is 15.5. The van der Waals surface area contributed by atoms with Crippen LogP contribution in [0.3, 0.4) is 0 Å². The molecule has 0 unspecified atom stereocenters. The van der Waals surface area contributed by atoms with E-state index < -0.39 is 0 Å². The van der Waals surface area contributed by atoms with Crippen LogP contribution in [0, 0.1) is 0 Å². The van der Waals surface area contributed by atoms with Gasteiger partial charge in [-0.1, -0.05) is 13.0 Å². The van der Waals surface area contributed by atoms with Crippen LogP contribution >= 0.6 is 24.8 Å². The first kappa shape index (κ1) is 21.0. The van der Waals surface area contributed by atoms with Crippen LogP contribution in [0.5, 0.6) is 0 Å². The Hall–Kier alpha value is -0.970. The fourth-order valence-corrected chi connectivity index (χ4v) is 2.89. The molecule has 1 amide bonds. The molecule has 0 atom stereocenters. The highest BCUT2D eigenvalue weighted by molar-refractivity contribution is 5.95. The van der Waals surface area contributed by atoms with E-state index in [1.165, 1.54) is 13.0 Å². The molecule has 2 rings (SSSR count). The number of likely N-dealkylation sites (tertiary alicyclic amines) is 1. The second-order valence-corrected chi connectivity index (χ2v) is 5.61. The minimum absolute atomic E-state index is 0. The summed E-state index contributed by atoms with van der Waals surface area (Å²) >= 11 is 0. The van der Waals surface area contributed by atoms with Crippen molar-refractivity contribution in [2.75, 3.05) is 32.4 Å². The molecule has 0 radical (unpaired) electrons. The van der Waals surface area contributed by atoms with Crippen molar-refractivity contribution >= 4 is 36.4 Å². The number of rotatable bonds is 4. The summed E-state index contributed by atoms with van der Waals surface area (Å²) in [6, 6.07) is 7.57. The zero-order valence-corrected chi connectivity index (χ0v) is 15.0. The number of carbonyl (C=O) groups excluding carboxylic acids is 1. The molecule has 2 N–H and O–H groups in total. The number of amides is 1. The number of nitrogens with two attached hydrogens (primary N) is 1. The molecule has 0 spiro atoms. The standard InChI is InChI=1S/C16H25N3O.2ClH/c1-3-9-19-10-7-15(8-11-19)18(2)16(20)13-5-4-6-14(17)12-13;;/h4-6,12,15H,3,7-11,17H2,1-2H3;2*1H. The van der Waals surface area contributed by atoms with E-state index in [1.807, 2.05) is 24.1 Å². The Labute approximate surface area is 145 Å². The summed E-state index contributed by atoms with van der Waals surface area (Å²) in [5.74, 6) is 0.0752. The maximum absolute atomic E-state index is 12.5. The molecule has 22 heavy (non-hydrogen) atoms. The Bertz CT molecular complexity index is 462. The fraction of sp³-hybridized carbons (Fsp3) is 0.562. The van der Waals surface area contributed by atoms with Crippen LogP contribution in [-0.2, 0) is 0 Å². The topological polar surface area (TPSA) is 49.6 Å². The van der Waals surface area contributed by atoms with Crippen LogP contribution in [0.4, 0.5) is 5.69 Å². The molecule has 1 aliphatic heterocycles. The van der Waals surface area contributed by atoms with Gasteiger partial charge in [0.25, 0.3) is 5.91 Å². The van der Waals surface area contributed by atoms with E-state index in [4.69, 9.17) is 5.73 Å². The molecule has 1 fully saturated rings. The number of piperidine rings is 1. The number of hydrogen-bond donors (Lipinski definition) is 1. The highest BCUT2D eigenvalue weighted by Crippen LogP contribution is 2.18. The van der Waals surface area contributed by atoms with Crippen molar-refractivity contribution in [3.63, 3.8) is 0 Å². The van der Waals surface area contributed by atoms with Gasteiger partial charge in [-0.15, -0.1) is 24.8 Å². The largest absolute Gasteiger partial charge is 0.399 e. The molecule has 0 bridgehead atoms. The average Bonchev–Trinajstić information content (AvgIpc) is 2.47. The summed E-state index contributed by atoms with van der Waals surface area (Å²) in [5.41, 5.74) is 7.07. The van der Waals surface area contributed by atoms with E-state index in [0.29, 0.717) is 17.3 Å². The molecular formula is C16H27Cl2N3O. The Morgan fingerprint density at radius 2 is 1.95 bits per heavy atom. The van der Waals surface area contributed by atoms with Crippen LogP contribution < -0.4 is 5.73 Å². The van der Waals surface area contributed by atoms with Crippen LogP contribution in [-0.4, -0.2) is 48.4 Å². The molecule has 1 saturated heterocycles. The van der Waals surface area contributed by atoms with E-state index in [9.17, 15) is 4.79 Å². The van der Waals surface area contributed by atoms with Crippen LogP contribution in [0.15, 0.2) is 24.3 Å². The van der Waals surface area contributed by atoms with Gasteiger partial charge in [0.05, 0.1) is 0 Å². The van der Waals surface area contributed by atoms with E-state index in [2.05, 4.69) is 11.8 Å². The van der Waals surface area contributed by atoms with Crippen molar-refractivity contribution in [3.8, 4) is 0 Å². The second kappa shape index (κ2) is 9.93. The summed E-state index contributed by atoms with van der Waals surface area (Å²) < 4.78 is 0. The van der Waals surface area contributed by atoms with Crippen molar-refractivity contribution in [2.45, 2.75) is 32.2 Å². The Kier molecular flexibility index (Phi) is 9.49. The number of benzene rings is 1. The molecule has 0 aromatic heterocycles. The number of halogens is 2. The minimum Gasteiger partial charge on any atom is -0.399 e. The SMILES string of the molecule is CCCN1CCC(N(C)C(=O)c2cccc(N)c2)CC1.Cl.Cl. The lowest BCUT2D eigenvalue weighted by molar-refractivity contribution is 0.0643. The molecule has 0 aliphatic carbocycles. The lowest BCUT2D eigenvalue weighted by atomic mass is 10.0. The minimum atomic E-state index is 0. The zero-order chi connectivity index (χ0) is 14.5. The van der Waals surface area contributed by atoms with Crippen molar-refractivity contribution in [1.29, 1.82) is 0 Å². The Morgan fingerprint density at radius 3 is 2.50 bits per heavy atom. The van der Waals surface area contributed by atoms with Gasteiger partial charge in [-0.2, -0.15) is 0 Å². The predicted molar refractivity (Wildman–Crippen MR) is 97.2 cm³/mol. The maximum atomic E-state index is 12.5. The predicted octanol–water partition coefficient (Wildman–Crippen LogP) is 3.06. The Morgan fingerprint density at radius 1 is 1.32 bits per heavy atom. The molecule has 1 aliphatic rings. The van der Waals surface area contributed by atoms with E-state index in [0.717, 1.165) is 25.9 Å². The molecular weight excluding hydrogens is 321 g/mol. The first-order chi connectivity index (χ1) is 9.61. The zero-order valence-electron chi connectivity index (χ0n) is 13.3. The van der Waals surface area contributed by atoms with Gasteiger partial charge in [-0.3, -0.25) is 4.79 Å². The van der Waals surface area contributed by atoms with Crippen LogP contribution in [0.2, 0.25) is 0 Å². The smallest absolute Gasteiger partial charge is 0.253 e. The summed E-state index contributed by atoms with van der Waals surface area (Å²) in [5, 5.41) is 0. The van der Waals surface area contributed by atoms with Crippen molar-refractivity contribution in [3.05, 3.63) is 29.8 Å². The molecule has 126 valence electrons. The number of nitrogen functional groups attached to an aromatic ring is 1. The summed E-state index contributed by atoms with van der Waals surface area (Å²) in [7, 11) is 1.91. The summed E-state index contributed by atoms with van der Waals surface area (Å²) in [4.78, 5) is 16.8. The highest BCUT2D eigenvalue weighted by Gasteiger charge is 2.25. The maximum Gasteiger partial charge on any atom is 0.253 e. The molecule has 1 aromatic carbocycles. The summed E-state index contributed by atoms with van der Waals surface area (Å²) in [6.07, 6.45) is 3.32. The van der Waals surface area contributed by atoms with Gasteiger partial charge >= 0.3 is 0 Å². The Balaban J connectivity index is 0.00000220. The summed E-state index contributed by atoms with van der Waals surface area (Å²) in [6.45, 7) is 5.56. The lowest BCUT2D eigenvalue weighted by Gasteiger charge is -2.36. The van der Waals surface area contributed by atoms with Gasteiger partial charge in [-0.05, 0) is 44.0 Å². The molecule has 4 nitrogen and oxygen atoms in total. The first-order valence-corrected chi connectivity index (χ1v) is 7.47. The fourth-order valence-electron chi connectivity index (χ4n) is 2.89. The molecule has 0 saturated carbocycles. The number of carbonyl (C=O) groups is 1. The van der Waals surface area contributed by atoms with Crippen LogP contribution in [0.1, 0.15) is 36.5 Å². The average molecular weight is 348 g/mol. The van der Waals surface area contributed by atoms with Gasteiger partial charge in [0, 0.05) is 37.4 Å². The van der Waals surface area contributed by atoms with Gasteiger partial charge in [0.1, 0.15) is 0 Å². The van der Waals surface area contributed by atoms with Crippen molar-refractivity contribution in [2.24, 2.45) is 0 Å². The number of nitrogens with zero attached hydrogens (tertiary/aromatic N) is 2. The van der Waals surface area contributed by atoms with Crippen LogP contribution in [0.25, 0.3) is 0 Å². The third-order valence-corrected chi connectivity index (χ3v) is 4.10. The highest BCUT2D eigenvalue weighted by atomic mass is 35.5. The third-order valence-electron chi connectivity index (χ3n) is 4.10. The van der Waals surface area contributed by atoms with Gasteiger partial charge in [-0.25, -0.2) is 0 Å². The van der Waals surface area contributed by atoms with E-state index in [-0.39, 0.29) is 30.7 Å². The van der Waals surface area contributed by atoms with Crippen molar-refractivity contribution in [1.82, 2.24) is 9.80 Å². The van der Waals surface area contributed by atoms with Crippen molar-refractivity contribution < 1.29 is 4.79 Å².